The Hall–Kier alpha value is -2.87. The van der Waals surface area contributed by atoms with Crippen molar-refractivity contribution in [1.82, 2.24) is 0 Å². The van der Waals surface area contributed by atoms with Gasteiger partial charge in [0.25, 0.3) is 0 Å². The molecule has 0 bridgehead atoms. The molecule has 31 heavy (non-hydrogen) atoms. The molecule has 168 valence electrons. The summed E-state index contributed by atoms with van der Waals surface area (Å²) in [5, 5.41) is 18.7. The summed E-state index contributed by atoms with van der Waals surface area (Å²) >= 11 is 0. The fraction of sp³-hybridized carbons (Fsp3) is 0.391. The Bertz CT molecular complexity index is 868. The highest BCUT2D eigenvalue weighted by Crippen LogP contribution is 2.31. The first-order chi connectivity index (χ1) is 14.7. The molecular weight excluding hydrogens is 413 g/mol. The minimum atomic E-state index is -4.47. The Morgan fingerprint density at radius 2 is 2.00 bits per heavy atom. The molecule has 5 nitrogen and oxygen atoms in total. The van der Waals surface area contributed by atoms with Crippen molar-refractivity contribution in [2.75, 3.05) is 6.61 Å². The van der Waals surface area contributed by atoms with Crippen LogP contribution >= 0.6 is 0 Å². The van der Waals surface area contributed by atoms with E-state index in [-0.39, 0.29) is 24.6 Å². The van der Waals surface area contributed by atoms with Crippen molar-refractivity contribution >= 4 is 11.8 Å². The molecule has 0 aliphatic heterocycles. The molecule has 1 aliphatic rings. The maximum absolute atomic E-state index is 12.7. The summed E-state index contributed by atoms with van der Waals surface area (Å²) in [7, 11) is 0. The van der Waals surface area contributed by atoms with Gasteiger partial charge >= 0.3 is 12.1 Å². The summed E-state index contributed by atoms with van der Waals surface area (Å²) < 4.78 is 43.4. The number of hydrogen-bond acceptors (Lipinski definition) is 4. The molecule has 0 aromatic heterocycles. The van der Waals surface area contributed by atoms with Gasteiger partial charge in [0.1, 0.15) is 18.5 Å². The van der Waals surface area contributed by atoms with E-state index in [9.17, 15) is 27.9 Å². The Balaban J connectivity index is 1.89. The van der Waals surface area contributed by atoms with E-state index in [1.54, 1.807) is 6.08 Å². The molecule has 2 N–H and O–H groups in total. The predicted molar refractivity (Wildman–Crippen MR) is 109 cm³/mol. The van der Waals surface area contributed by atoms with Crippen LogP contribution in [0.4, 0.5) is 13.2 Å². The van der Waals surface area contributed by atoms with E-state index in [0.29, 0.717) is 37.7 Å². The van der Waals surface area contributed by atoms with Crippen LogP contribution in [0.15, 0.2) is 59.7 Å². The lowest BCUT2D eigenvalue weighted by molar-refractivity contribution is -0.138. The molecule has 8 heteroatoms. The van der Waals surface area contributed by atoms with Crippen LogP contribution in [0.5, 0.6) is 5.75 Å². The molecule has 1 aromatic carbocycles. The number of aliphatic hydroxyl groups excluding tert-OH is 1. The summed E-state index contributed by atoms with van der Waals surface area (Å²) in [6.07, 6.45) is 3.89. The quantitative estimate of drug-likeness (QED) is 0.381. The number of alkyl halides is 3. The van der Waals surface area contributed by atoms with Crippen molar-refractivity contribution < 1.29 is 37.7 Å². The molecule has 1 unspecified atom stereocenters. The fourth-order valence-electron chi connectivity index (χ4n) is 3.07. The van der Waals surface area contributed by atoms with Gasteiger partial charge in [-0.1, -0.05) is 30.4 Å². The van der Waals surface area contributed by atoms with Crippen LogP contribution in [0.3, 0.4) is 0 Å². The van der Waals surface area contributed by atoms with Crippen molar-refractivity contribution in [3.8, 4) is 5.75 Å². The van der Waals surface area contributed by atoms with Crippen molar-refractivity contribution in [2.45, 2.75) is 50.8 Å². The highest BCUT2D eigenvalue weighted by Gasteiger charge is 2.30. The number of aliphatic carboxylic acids is 1. The Labute approximate surface area is 178 Å². The molecule has 2 rings (SSSR count). The minimum Gasteiger partial charge on any atom is -0.491 e. The summed E-state index contributed by atoms with van der Waals surface area (Å²) in [4.78, 5) is 22.6. The van der Waals surface area contributed by atoms with Crippen LogP contribution in [0.1, 0.15) is 44.1 Å². The minimum absolute atomic E-state index is 0.00580. The fourth-order valence-corrected chi connectivity index (χ4v) is 3.07. The largest absolute Gasteiger partial charge is 0.491 e. The Morgan fingerprint density at radius 1 is 1.23 bits per heavy atom. The number of benzene rings is 1. The number of carbonyl (C=O) groups excluding carboxylic acids is 1. The van der Waals surface area contributed by atoms with Gasteiger partial charge in [-0.05, 0) is 49.5 Å². The number of hydrogen-bond donors (Lipinski definition) is 2. The molecule has 0 fully saturated rings. The second kappa shape index (κ2) is 11.5. The van der Waals surface area contributed by atoms with Gasteiger partial charge < -0.3 is 14.9 Å². The molecule has 0 radical (unpaired) electrons. The van der Waals surface area contributed by atoms with Crippen LogP contribution in [0.25, 0.3) is 0 Å². The van der Waals surface area contributed by atoms with Crippen molar-refractivity contribution in [3.63, 3.8) is 0 Å². The number of ketones is 1. The molecule has 1 aliphatic carbocycles. The summed E-state index contributed by atoms with van der Waals surface area (Å²) in [6, 6.07) is 4.42. The highest BCUT2D eigenvalue weighted by atomic mass is 19.4. The maximum atomic E-state index is 12.7. The average molecular weight is 438 g/mol. The van der Waals surface area contributed by atoms with Crippen LogP contribution in [0.2, 0.25) is 0 Å². The Kier molecular flexibility index (Phi) is 9.05. The van der Waals surface area contributed by atoms with E-state index in [0.717, 1.165) is 17.7 Å². The number of carboxylic acids is 1. The van der Waals surface area contributed by atoms with Crippen LogP contribution in [-0.4, -0.2) is 34.7 Å². The van der Waals surface area contributed by atoms with Gasteiger partial charge in [0.05, 0.1) is 5.56 Å². The lowest BCUT2D eigenvalue weighted by Crippen LogP contribution is -2.15. The average Bonchev–Trinajstić information content (AvgIpc) is 3.06. The van der Waals surface area contributed by atoms with Gasteiger partial charge in [-0.3, -0.25) is 9.59 Å². The van der Waals surface area contributed by atoms with E-state index in [2.05, 4.69) is 0 Å². The number of aliphatic hydroxyl groups is 1. The molecule has 0 spiro atoms. The monoisotopic (exact) mass is 438 g/mol. The topological polar surface area (TPSA) is 83.8 Å². The standard InChI is InChI=1S/C23H25F3O5/c24-23(25,26)17-6-5-7-19(14-17)31-15-18(27)12-10-16-11-13-21(28)20(16)8-3-1-2-4-9-22(29)30/h1,3,5-7,10,12,14,18,27H,2,4,8-9,11,13,15H2,(H,29,30). The first-order valence-corrected chi connectivity index (χ1v) is 9.95. The third kappa shape index (κ3) is 8.41. The van der Waals surface area contributed by atoms with E-state index in [1.165, 1.54) is 18.2 Å². The SMILES string of the molecule is O=C(O)CCCC=CCC1=C(C=CC(O)COc2cccc(C(F)(F)F)c2)CCC1=O. The van der Waals surface area contributed by atoms with Gasteiger partial charge in [-0.25, -0.2) is 0 Å². The van der Waals surface area contributed by atoms with E-state index < -0.39 is 23.8 Å². The van der Waals surface area contributed by atoms with Gasteiger partial charge in [0.2, 0.25) is 0 Å². The van der Waals surface area contributed by atoms with Crippen LogP contribution < -0.4 is 4.74 Å². The number of unbranched alkanes of at least 4 members (excludes halogenated alkanes) is 1. The van der Waals surface area contributed by atoms with Gasteiger partial charge in [-0.15, -0.1) is 0 Å². The maximum Gasteiger partial charge on any atom is 0.416 e. The van der Waals surface area contributed by atoms with Gasteiger partial charge in [0.15, 0.2) is 5.78 Å². The summed E-state index contributed by atoms with van der Waals surface area (Å²) in [6.45, 7) is -0.224. The molecule has 1 aromatic rings. The first kappa shape index (κ1) is 24.4. The highest BCUT2D eigenvalue weighted by molar-refractivity contribution is 5.99. The zero-order valence-electron chi connectivity index (χ0n) is 16.9. The molecule has 0 saturated carbocycles. The van der Waals surface area contributed by atoms with E-state index >= 15 is 0 Å². The number of rotatable bonds is 11. The third-order valence-corrected chi connectivity index (χ3v) is 4.70. The Morgan fingerprint density at radius 3 is 2.71 bits per heavy atom. The molecule has 0 saturated heterocycles. The lowest BCUT2D eigenvalue weighted by Gasteiger charge is -2.12. The van der Waals surface area contributed by atoms with Crippen molar-refractivity contribution in [2.24, 2.45) is 0 Å². The normalized spacial score (nSPS) is 15.9. The molecule has 0 amide bonds. The number of halogens is 3. The third-order valence-electron chi connectivity index (χ3n) is 4.70. The second-order valence-electron chi connectivity index (χ2n) is 7.15. The zero-order valence-corrected chi connectivity index (χ0v) is 16.9. The van der Waals surface area contributed by atoms with Gasteiger partial charge in [0, 0.05) is 18.4 Å². The van der Waals surface area contributed by atoms with Crippen molar-refractivity contribution in [1.29, 1.82) is 0 Å². The van der Waals surface area contributed by atoms with Crippen LogP contribution in [-0.2, 0) is 15.8 Å². The number of ether oxygens (including phenoxy) is 1. The van der Waals surface area contributed by atoms with E-state index in [4.69, 9.17) is 9.84 Å². The summed E-state index contributed by atoms with van der Waals surface area (Å²) in [5.41, 5.74) is 0.625. The van der Waals surface area contributed by atoms with E-state index in [1.807, 2.05) is 12.2 Å². The summed E-state index contributed by atoms with van der Waals surface area (Å²) in [5.74, 6) is -0.805. The number of carbonyl (C=O) groups is 2. The second-order valence-corrected chi connectivity index (χ2v) is 7.15. The molecular formula is C23H25F3O5. The smallest absolute Gasteiger partial charge is 0.416 e. The lowest BCUT2D eigenvalue weighted by atomic mass is 10.1. The first-order valence-electron chi connectivity index (χ1n) is 9.95. The number of Topliss-reactive ketones (excluding diaryl/α,β-unsaturated/α-hetero) is 1. The number of carboxylic acid groups (broad SMARTS) is 1. The number of allylic oxidation sites excluding steroid dienone is 5. The predicted octanol–water partition coefficient (Wildman–Crippen LogP) is 4.86. The molecule has 1 atom stereocenters. The van der Waals surface area contributed by atoms with Crippen LogP contribution in [0, 0.1) is 0 Å². The zero-order chi connectivity index (χ0) is 22.9. The van der Waals surface area contributed by atoms with Gasteiger partial charge in [-0.2, -0.15) is 13.2 Å². The molecule has 0 heterocycles. The van der Waals surface area contributed by atoms with Crippen molar-refractivity contribution in [3.05, 3.63) is 65.3 Å².